The summed E-state index contributed by atoms with van der Waals surface area (Å²) in [5.41, 5.74) is 6.97. The van der Waals surface area contributed by atoms with Gasteiger partial charge in [-0.15, -0.1) is 10.2 Å². The van der Waals surface area contributed by atoms with Crippen LogP contribution < -0.4 is 15.5 Å². The average Bonchev–Trinajstić information content (AvgIpc) is 3.29. The molecule has 3 aromatic carbocycles. The molecule has 5 rings (SSSR count). The minimum atomic E-state index is -0.507. The molecule has 2 unspecified atom stereocenters. The van der Waals surface area contributed by atoms with Gasteiger partial charge in [-0.05, 0) is 42.3 Å². The van der Waals surface area contributed by atoms with Crippen molar-refractivity contribution < 1.29 is 9.53 Å². The standard InChI is InChI=1S/C25H22ClN5O2S/c1-15-8-11-18(26)14-20(15)27-24(32)22-21(16-9-12-19(33-2)13-10-16)30-31-23(28-29-25(31)34-22)17-6-4-3-5-7-17/h3-14,21-22,30H,1-2H3,(H,27,32). The smallest absolute Gasteiger partial charge is 0.240 e. The van der Waals surface area contributed by atoms with E-state index in [9.17, 15) is 4.79 Å². The van der Waals surface area contributed by atoms with Crippen molar-refractivity contribution in [1.82, 2.24) is 14.9 Å². The lowest BCUT2D eigenvalue weighted by Gasteiger charge is -2.33. The Morgan fingerprint density at radius 2 is 1.85 bits per heavy atom. The minimum Gasteiger partial charge on any atom is -0.497 e. The number of fused-ring (bicyclic) bond motifs is 1. The van der Waals surface area contributed by atoms with E-state index in [0.29, 0.717) is 21.7 Å². The molecule has 1 aliphatic rings. The summed E-state index contributed by atoms with van der Waals surface area (Å²) >= 11 is 7.54. The van der Waals surface area contributed by atoms with Crippen LogP contribution in [0.4, 0.5) is 5.69 Å². The molecule has 7 nitrogen and oxygen atoms in total. The fourth-order valence-electron chi connectivity index (χ4n) is 3.82. The van der Waals surface area contributed by atoms with E-state index in [0.717, 1.165) is 22.4 Å². The first-order chi connectivity index (χ1) is 16.5. The first-order valence-corrected chi connectivity index (χ1v) is 11.9. The summed E-state index contributed by atoms with van der Waals surface area (Å²) in [6.07, 6.45) is 0. The van der Waals surface area contributed by atoms with Crippen molar-refractivity contribution in [3.05, 3.63) is 88.9 Å². The summed E-state index contributed by atoms with van der Waals surface area (Å²) in [5, 5.41) is 12.5. The second kappa shape index (κ2) is 9.40. The number of carbonyl (C=O) groups excluding carboxylic acids is 1. The van der Waals surface area contributed by atoms with E-state index in [-0.39, 0.29) is 11.9 Å². The Morgan fingerprint density at radius 3 is 2.59 bits per heavy atom. The molecule has 0 saturated carbocycles. The lowest BCUT2D eigenvalue weighted by atomic mass is 10.0. The van der Waals surface area contributed by atoms with Crippen LogP contribution in [0.2, 0.25) is 5.02 Å². The molecule has 0 spiro atoms. The number of carbonyl (C=O) groups is 1. The summed E-state index contributed by atoms with van der Waals surface area (Å²) in [6.45, 7) is 1.93. The summed E-state index contributed by atoms with van der Waals surface area (Å²) in [7, 11) is 1.63. The second-order valence-electron chi connectivity index (χ2n) is 7.87. The number of halogens is 1. The van der Waals surface area contributed by atoms with Gasteiger partial charge in [0.25, 0.3) is 0 Å². The van der Waals surface area contributed by atoms with Gasteiger partial charge < -0.3 is 15.5 Å². The predicted molar refractivity (Wildman–Crippen MR) is 135 cm³/mol. The first kappa shape index (κ1) is 22.3. The van der Waals surface area contributed by atoms with Crippen molar-refractivity contribution in [2.75, 3.05) is 17.9 Å². The van der Waals surface area contributed by atoms with Crippen molar-refractivity contribution in [2.45, 2.75) is 23.4 Å². The Labute approximate surface area is 206 Å². The molecule has 2 N–H and O–H groups in total. The van der Waals surface area contributed by atoms with Crippen LogP contribution in [0.3, 0.4) is 0 Å². The number of hydrogen-bond donors (Lipinski definition) is 2. The molecule has 0 radical (unpaired) electrons. The molecule has 1 amide bonds. The Kier molecular flexibility index (Phi) is 6.17. The van der Waals surface area contributed by atoms with E-state index >= 15 is 0 Å². The van der Waals surface area contributed by atoms with E-state index in [2.05, 4.69) is 20.9 Å². The maximum Gasteiger partial charge on any atom is 0.240 e. The number of methoxy groups -OCH3 is 1. The first-order valence-electron chi connectivity index (χ1n) is 10.7. The fraction of sp³-hybridized carbons (Fsp3) is 0.160. The number of nitrogens with zero attached hydrogens (tertiary/aromatic N) is 3. The average molecular weight is 492 g/mol. The highest BCUT2D eigenvalue weighted by molar-refractivity contribution is 8.00. The van der Waals surface area contributed by atoms with Gasteiger partial charge in [-0.1, -0.05) is 71.9 Å². The monoisotopic (exact) mass is 491 g/mol. The number of benzene rings is 3. The van der Waals surface area contributed by atoms with Crippen LogP contribution in [0, 0.1) is 6.92 Å². The van der Waals surface area contributed by atoms with Crippen molar-refractivity contribution in [3.63, 3.8) is 0 Å². The quantitative estimate of drug-likeness (QED) is 0.393. The maximum atomic E-state index is 13.5. The number of hydrogen-bond acceptors (Lipinski definition) is 6. The molecule has 0 saturated heterocycles. The molecule has 0 aliphatic carbocycles. The molecule has 1 aromatic heterocycles. The van der Waals surface area contributed by atoms with E-state index in [1.807, 2.05) is 72.3 Å². The lowest BCUT2D eigenvalue weighted by Crippen LogP contribution is -2.41. The SMILES string of the molecule is COc1ccc(C2Nn3c(nnc3-c3ccccc3)SC2C(=O)Nc2cc(Cl)ccc2C)cc1. The van der Waals surface area contributed by atoms with Crippen molar-refractivity contribution in [3.8, 4) is 17.1 Å². The van der Waals surface area contributed by atoms with E-state index in [1.54, 1.807) is 19.2 Å². The minimum absolute atomic E-state index is 0.154. The van der Waals surface area contributed by atoms with Gasteiger partial charge in [0.2, 0.25) is 11.1 Å². The van der Waals surface area contributed by atoms with E-state index in [4.69, 9.17) is 16.3 Å². The third kappa shape index (κ3) is 4.34. The summed E-state index contributed by atoms with van der Waals surface area (Å²) in [4.78, 5) is 13.5. The Balaban J connectivity index is 1.52. The molecular formula is C25H22ClN5O2S. The summed E-state index contributed by atoms with van der Waals surface area (Å²) in [5.74, 6) is 1.28. The molecule has 2 atom stereocenters. The molecule has 4 aromatic rings. The molecule has 9 heteroatoms. The zero-order chi connectivity index (χ0) is 23.7. The lowest BCUT2D eigenvalue weighted by molar-refractivity contribution is -0.116. The number of anilines is 1. The van der Waals surface area contributed by atoms with Crippen LogP contribution in [-0.2, 0) is 4.79 Å². The van der Waals surface area contributed by atoms with Gasteiger partial charge in [0.05, 0.1) is 13.2 Å². The molecule has 0 bridgehead atoms. The molecule has 0 fully saturated rings. The van der Waals surface area contributed by atoms with Crippen LogP contribution in [-0.4, -0.2) is 33.1 Å². The Hall–Kier alpha value is -3.49. The van der Waals surface area contributed by atoms with Gasteiger partial charge in [-0.2, -0.15) is 0 Å². The third-order valence-electron chi connectivity index (χ3n) is 5.66. The predicted octanol–water partition coefficient (Wildman–Crippen LogP) is 5.31. The van der Waals surface area contributed by atoms with Crippen LogP contribution >= 0.6 is 23.4 Å². The topological polar surface area (TPSA) is 81.1 Å². The Morgan fingerprint density at radius 1 is 1.09 bits per heavy atom. The second-order valence-corrected chi connectivity index (χ2v) is 9.42. The number of aromatic nitrogens is 3. The molecule has 1 aliphatic heterocycles. The van der Waals surface area contributed by atoms with Crippen LogP contribution in [0.25, 0.3) is 11.4 Å². The zero-order valence-electron chi connectivity index (χ0n) is 18.5. The summed E-state index contributed by atoms with van der Waals surface area (Å²) < 4.78 is 7.16. The van der Waals surface area contributed by atoms with Gasteiger partial charge in [0.1, 0.15) is 11.0 Å². The fourth-order valence-corrected chi connectivity index (χ4v) is 5.08. The zero-order valence-corrected chi connectivity index (χ0v) is 20.1. The Bertz CT molecular complexity index is 1330. The van der Waals surface area contributed by atoms with Crippen molar-refractivity contribution in [2.24, 2.45) is 0 Å². The van der Waals surface area contributed by atoms with Crippen LogP contribution in [0.5, 0.6) is 5.75 Å². The number of rotatable bonds is 5. The van der Waals surface area contributed by atoms with Crippen LogP contribution in [0.15, 0.2) is 78.0 Å². The van der Waals surface area contributed by atoms with Gasteiger partial charge >= 0.3 is 0 Å². The summed E-state index contributed by atoms with van der Waals surface area (Å²) in [6, 6.07) is 22.6. The van der Waals surface area contributed by atoms with E-state index in [1.165, 1.54) is 11.8 Å². The van der Waals surface area contributed by atoms with Crippen LogP contribution in [0.1, 0.15) is 17.2 Å². The highest BCUT2D eigenvalue weighted by atomic mass is 35.5. The number of thioether (sulfide) groups is 1. The third-order valence-corrected chi connectivity index (χ3v) is 7.11. The van der Waals surface area contributed by atoms with Gasteiger partial charge in [0.15, 0.2) is 5.82 Å². The number of nitrogens with one attached hydrogen (secondary N) is 2. The molecular weight excluding hydrogens is 470 g/mol. The maximum absolute atomic E-state index is 13.5. The van der Waals surface area contributed by atoms with Gasteiger partial charge in [-0.25, -0.2) is 4.68 Å². The largest absolute Gasteiger partial charge is 0.497 e. The number of amides is 1. The number of ether oxygens (including phenoxy) is 1. The van der Waals surface area contributed by atoms with Gasteiger partial charge in [-0.3, -0.25) is 4.79 Å². The normalized spacial score (nSPS) is 16.9. The molecule has 172 valence electrons. The van der Waals surface area contributed by atoms with Crippen molar-refractivity contribution >= 4 is 35.0 Å². The van der Waals surface area contributed by atoms with Gasteiger partial charge in [0, 0.05) is 16.3 Å². The van der Waals surface area contributed by atoms with E-state index < -0.39 is 5.25 Å². The number of aryl methyl sites for hydroxylation is 1. The highest BCUT2D eigenvalue weighted by Gasteiger charge is 2.38. The molecule has 34 heavy (non-hydrogen) atoms. The highest BCUT2D eigenvalue weighted by Crippen LogP contribution is 2.39. The molecule has 2 heterocycles. The van der Waals surface area contributed by atoms with Crippen molar-refractivity contribution in [1.29, 1.82) is 0 Å².